The van der Waals surface area contributed by atoms with Crippen LogP contribution in [0.2, 0.25) is 0 Å². The van der Waals surface area contributed by atoms with Gasteiger partial charge < -0.3 is 14.2 Å². The quantitative estimate of drug-likeness (QED) is 0.332. The molecule has 0 saturated carbocycles. The van der Waals surface area contributed by atoms with E-state index in [0.29, 0.717) is 35.2 Å². The predicted molar refractivity (Wildman–Crippen MR) is 121 cm³/mol. The Bertz CT molecular complexity index is 1020. The normalized spacial score (nSPS) is 19.9. The lowest BCUT2D eigenvalue weighted by atomic mass is 9.93. The van der Waals surface area contributed by atoms with Gasteiger partial charge in [0.2, 0.25) is 5.91 Å². The van der Waals surface area contributed by atoms with Gasteiger partial charge in [0.1, 0.15) is 6.61 Å². The van der Waals surface area contributed by atoms with E-state index in [2.05, 4.69) is 11.6 Å². The zero-order chi connectivity index (χ0) is 23.4. The van der Waals surface area contributed by atoms with E-state index >= 15 is 0 Å². The molecule has 9 heteroatoms. The molecule has 32 heavy (non-hydrogen) atoms. The first-order valence-electron chi connectivity index (χ1n) is 10.3. The number of carbonyl (C=O) groups is 3. The number of hydrogen-bond donors (Lipinski definition) is 0. The molecule has 1 aromatic rings. The summed E-state index contributed by atoms with van der Waals surface area (Å²) in [4.78, 5) is 43.7. The van der Waals surface area contributed by atoms with Crippen molar-refractivity contribution in [3.8, 4) is 11.5 Å². The van der Waals surface area contributed by atoms with Crippen LogP contribution in [0, 0.1) is 0 Å². The number of aliphatic imine (C=N–C) groups is 1. The van der Waals surface area contributed by atoms with Gasteiger partial charge in [-0.15, -0.1) is 0 Å². The fourth-order valence-electron chi connectivity index (χ4n) is 3.58. The summed E-state index contributed by atoms with van der Waals surface area (Å²) in [7, 11) is 0. The second kappa shape index (κ2) is 10.0. The summed E-state index contributed by atoms with van der Waals surface area (Å²) in [5, 5.41) is 0.269. The highest BCUT2D eigenvalue weighted by atomic mass is 32.2. The second-order valence-corrected chi connectivity index (χ2v) is 8.31. The average Bonchev–Trinajstić information content (AvgIpc) is 3.07. The molecular weight excluding hydrogens is 432 g/mol. The second-order valence-electron chi connectivity index (χ2n) is 7.14. The van der Waals surface area contributed by atoms with E-state index in [1.807, 2.05) is 13.8 Å². The van der Waals surface area contributed by atoms with Crippen molar-refractivity contribution in [2.45, 2.75) is 45.4 Å². The molecule has 0 N–H and O–H groups in total. The highest BCUT2D eigenvalue weighted by Crippen LogP contribution is 2.45. The maximum absolute atomic E-state index is 13.2. The molecule has 2 aliphatic heterocycles. The summed E-state index contributed by atoms with van der Waals surface area (Å²) in [5.41, 5.74) is 1.37. The Morgan fingerprint density at radius 1 is 1.28 bits per heavy atom. The zero-order valence-electron chi connectivity index (χ0n) is 18.5. The lowest BCUT2D eigenvalue weighted by Gasteiger charge is -2.33. The van der Waals surface area contributed by atoms with Gasteiger partial charge in [-0.2, -0.15) is 0 Å². The predicted octanol–water partition coefficient (Wildman–Crippen LogP) is 3.78. The fourth-order valence-corrected chi connectivity index (χ4v) is 4.71. The van der Waals surface area contributed by atoms with Crippen molar-refractivity contribution >= 4 is 34.8 Å². The van der Waals surface area contributed by atoms with E-state index in [4.69, 9.17) is 14.2 Å². The van der Waals surface area contributed by atoms with Gasteiger partial charge >= 0.3 is 11.9 Å². The van der Waals surface area contributed by atoms with E-state index < -0.39 is 18.0 Å². The van der Waals surface area contributed by atoms with Crippen molar-refractivity contribution in [1.82, 2.24) is 4.90 Å². The van der Waals surface area contributed by atoms with Crippen LogP contribution >= 0.6 is 11.8 Å². The van der Waals surface area contributed by atoms with E-state index in [1.54, 1.807) is 30.0 Å². The molecule has 0 aliphatic carbocycles. The number of amides is 1. The van der Waals surface area contributed by atoms with Crippen LogP contribution in [0.25, 0.3) is 0 Å². The maximum Gasteiger partial charge on any atom is 0.338 e. The molecule has 2 heterocycles. The molecule has 8 nitrogen and oxygen atoms in total. The van der Waals surface area contributed by atoms with Crippen LogP contribution in [0.4, 0.5) is 0 Å². The van der Waals surface area contributed by atoms with Crippen molar-refractivity contribution in [2.24, 2.45) is 4.99 Å². The Morgan fingerprint density at radius 3 is 2.66 bits per heavy atom. The molecule has 1 saturated heterocycles. The van der Waals surface area contributed by atoms with Crippen molar-refractivity contribution in [1.29, 1.82) is 0 Å². The SMILES string of the molecule is C=CCOC(=O)C1=C(C)N=C2S[C@@H](CC)C(=O)N2[C@H]1c1ccc(OC(C)=O)c(OCC)c1. The molecule has 2 aliphatic rings. The van der Waals surface area contributed by atoms with Gasteiger partial charge in [-0.3, -0.25) is 14.5 Å². The summed E-state index contributed by atoms with van der Waals surface area (Å²) in [6.07, 6.45) is 2.11. The number of rotatable bonds is 8. The number of thioether (sulfide) groups is 1. The number of amidine groups is 1. The van der Waals surface area contributed by atoms with Crippen LogP contribution < -0.4 is 9.47 Å². The van der Waals surface area contributed by atoms with Crippen LogP contribution in [0.3, 0.4) is 0 Å². The number of esters is 2. The molecule has 170 valence electrons. The first-order chi connectivity index (χ1) is 15.3. The van der Waals surface area contributed by atoms with Gasteiger partial charge in [-0.1, -0.05) is 37.4 Å². The van der Waals surface area contributed by atoms with E-state index in [0.717, 1.165) is 0 Å². The third-order valence-corrected chi connectivity index (χ3v) is 6.23. The number of allylic oxidation sites excluding steroid dienone is 1. The van der Waals surface area contributed by atoms with Crippen LogP contribution in [-0.4, -0.2) is 46.4 Å². The minimum absolute atomic E-state index is 0.0365. The van der Waals surface area contributed by atoms with Crippen molar-refractivity contribution in [3.05, 3.63) is 47.7 Å². The summed E-state index contributed by atoms with van der Waals surface area (Å²) in [6.45, 7) is 10.7. The molecule has 3 rings (SSSR count). The van der Waals surface area contributed by atoms with E-state index in [-0.39, 0.29) is 29.1 Å². The summed E-state index contributed by atoms with van der Waals surface area (Å²) in [6, 6.07) is 4.24. The van der Waals surface area contributed by atoms with Crippen molar-refractivity contribution < 1.29 is 28.6 Å². The highest BCUT2D eigenvalue weighted by molar-refractivity contribution is 8.15. The van der Waals surface area contributed by atoms with Crippen LogP contribution in [0.15, 0.2) is 47.1 Å². The Balaban J connectivity index is 2.14. The van der Waals surface area contributed by atoms with E-state index in [9.17, 15) is 14.4 Å². The van der Waals surface area contributed by atoms with Crippen LogP contribution in [0.5, 0.6) is 11.5 Å². The van der Waals surface area contributed by atoms with Gasteiger partial charge in [-0.05, 0) is 38.0 Å². The molecular formula is C23H26N2O6S. The third-order valence-electron chi connectivity index (χ3n) is 4.91. The highest BCUT2D eigenvalue weighted by Gasteiger charge is 2.47. The molecule has 1 amide bonds. The molecule has 0 spiro atoms. The number of fused-ring (bicyclic) bond motifs is 1. The molecule has 2 atom stereocenters. The topological polar surface area (TPSA) is 94.5 Å². The first kappa shape index (κ1) is 23.6. The largest absolute Gasteiger partial charge is 0.490 e. The van der Waals surface area contributed by atoms with Crippen LogP contribution in [-0.2, 0) is 19.1 Å². The summed E-state index contributed by atoms with van der Waals surface area (Å²) >= 11 is 1.39. The van der Waals surface area contributed by atoms with E-state index in [1.165, 1.54) is 24.8 Å². The minimum atomic E-state index is -0.748. The van der Waals surface area contributed by atoms with Gasteiger partial charge in [0.25, 0.3) is 0 Å². The van der Waals surface area contributed by atoms with Gasteiger partial charge in [0, 0.05) is 6.92 Å². The van der Waals surface area contributed by atoms with Gasteiger partial charge in [-0.25, -0.2) is 9.79 Å². The zero-order valence-corrected chi connectivity index (χ0v) is 19.4. The molecule has 0 aromatic heterocycles. The smallest absolute Gasteiger partial charge is 0.338 e. The number of nitrogens with zero attached hydrogens (tertiary/aromatic N) is 2. The maximum atomic E-state index is 13.2. The Morgan fingerprint density at radius 2 is 2.03 bits per heavy atom. The fraction of sp³-hybridized carbons (Fsp3) is 0.391. The van der Waals surface area contributed by atoms with Crippen molar-refractivity contribution in [3.63, 3.8) is 0 Å². The van der Waals surface area contributed by atoms with Gasteiger partial charge in [0.05, 0.1) is 29.2 Å². The Kier molecular flexibility index (Phi) is 7.40. The molecule has 1 fully saturated rings. The summed E-state index contributed by atoms with van der Waals surface area (Å²) < 4.78 is 16.2. The number of hydrogen-bond acceptors (Lipinski definition) is 8. The van der Waals surface area contributed by atoms with Gasteiger partial charge in [0.15, 0.2) is 16.7 Å². The standard InChI is InChI=1S/C23H26N2O6S/c1-6-11-30-22(28)19-13(4)24-23-25(21(27)18(7-2)32-23)20(19)15-9-10-16(31-14(5)26)17(12-15)29-8-3/h6,9-10,12,18,20H,1,7-8,11H2,2-5H3/t18-,20-/m0/s1. The average molecular weight is 459 g/mol. The van der Waals surface area contributed by atoms with Crippen molar-refractivity contribution in [2.75, 3.05) is 13.2 Å². The Hall–Kier alpha value is -3.07. The lowest BCUT2D eigenvalue weighted by molar-refractivity contribution is -0.139. The molecule has 0 radical (unpaired) electrons. The third kappa shape index (κ3) is 4.57. The monoisotopic (exact) mass is 458 g/mol. The van der Waals surface area contributed by atoms with Crippen LogP contribution in [0.1, 0.15) is 45.7 Å². The minimum Gasteiger partial charge on any atom is -0.490 e. The summed E-state index contributed by atoms with van der Waals surface area (Å²) in [5.74, 6) is -0.572. The number of carbonyl (C=O) groups excluding carboxylic acids is 3. The lowest BCUT2D eigenvalue weighted by Crippen LogP contribution is -2.40. The molecule has 0 bridgehead atoms. The molecule has 0 unspecified atom stereocenters. The molecule has 1 aromatic carbocycles. The number of ether oxygens (including phenoxy) is 3. The first-order valence-corrected chi connectivity index (χ1v) is 11.2. The Labute approximate surface area is 191 Å². The number of benzene rings is 1.